The molecule has 2 aromatic carbocycles. The number of nitrogens with zero attached hydrogens (tertiary/aromatic N) is 4. The number of para-hydroxylation sites is 2. The number of aromatic carboxylic acids is 1. The summed E-state index contributed by atoms with van der Waals surface area (Å²) in [4.78, 5) is 39.9. The van der Waals surface area contributed by atoms with Gasteiger partial charge in [-0.1, -0.05) is 41.9 Å². The normalized spacial score (nSPS) is 15.5. The number of carbonyl (C=O) groups is 2. The third-order valence-electron chi connectivity index (χ3n) is 5.94. The van der Waals surface area contributed by atoms with E-state index in [4.69, 9.17) is 21.0 Å². The van der Waals surface area contributed by atoms with Crippen LogP contribution in [0.25, 0.3) is 11.1 Å². The molecule has 0 bridgehead atoms. The summed E-state index contributed by atoms with van der Waals surface area (Å²) < 4.78 is 5.80. The fourth-order valence-electron chi connectivity index (χ4n) is 3.97. The summed E-state index contributed by atoms with van der Waals surface area (Å²) in [5, 5.41) is 15.5. The van der Waals surface area contributed by atoms with Gasteiger partial charge in [0, 0.05) is 29.5 Å². The molecule has 1 aliphatic heterocycles. The molecule has 0 radical (unpaired) electrons. The number of aliphatic imine (C=N–C) groups is 1. The predicted octanol–water partition coefficient (Wildman–Crippen LogP) is 4.94. The first kappa shape index (κ1) is 24.0. The molecule has 3 heterocycles. The number of amides is 1. The number of allylic oxidation sites excluding steroid dienone is 1. The molecule has 0 aliphatic carbocycles. The van der Waals surface area contributed by atoms with Crippen molar-refractivity contribution < 1.29 is 19.1 Å². The molecule has 5 rings (SSSR count). The number of rotatable bonds is 5. The van der Waals surface area contributed by atoms with Crippen molar-refractivity contribution in [3.8, 4) is 0 Å². The van der Waals surface area contributed by atoms with Gasteiger partial charge in [0.25, 0.3) is 5.91 Å². The number of pyridine rings is 1. The minimum absolute atomic E-state index is 0.00209. The molecule has 1 amide bonds. The number of oxazole rings is 1. The maximum Gasteiger partial charge on any atom is 0.335 e. The lowest BCUT2D eigenvalue weighted by molar-refractivity contribution is -0.113. The van der Waals surface area contributed by atoms with Gasteiger partial charge in [0.1, 0.15) is 17.4 Å². The Kier molecular flexibility index (Phi) is 6.33. The molecule has 1 aliphatic rings. The molecule has 3 N–H and O–H groups in total. The van der Waals surface area contributed by atoms with E-state index < -0.39 is 17.9 Å². The van der Waals surface area contributed by atoms with Crippen LogP contribution in [0, 0.1) is 0 Å². The van der Waals surface area contributed by atoms with Crippen molar-refractivity contribution in [2.75, 3.05) is 17.7 Å². The summed E-state index contributed by atoms with van der Waals surface area (Å²) in [5.74, 6) is -1.12. The highest BCUT2D eigenvalue weighted by Gasteiger charge is 2.33. The van der Waals surface area contributed by atoms with E-state index >= 15 is 0 Å². The second-order valence-corrected chi connectivity index (χ2v) is 8.64. The smallest absolute Gasteiger partial charge is 0.335 e. The number of benzene rings is 2. The summed E-state index contributed by atoms with van der Waals surface area (Å²) in [6, 6.07) is 16.6. The van der Waals surface area contributed by atoms with Crippen LogP contribution in [-0.4, -0.2) is 44.9 Å². The number of nitrogens with one attached hydrogen (secondary N) is 2. The summed E-state index contributed by atoms with van der Waals surface area (Å²) in [6.45, 7) is 1.78. The Morgan fingerprint density at radius 1 is 1.11 bits per heavy atom. The van der Waals surface area contributed by atoms with Gasteiger partial charge in [0.05, 0.1) is 11.1 Å². The molecule has 186 valence electrons. The third kappa shape index (κ3) is 4.74. The maximum absolute atomic E-state index is 13.5. The number of aromatic nitrogens is 2. The highest BCUT2D eigenvalue weighted by Crippen LogP contribution is 2.37. The molecule has 1 unspecified atom stereocenters. The van der Waals surface area contributed by atoms with Gasteiger partial charge in [-0.15, -0.1) is 0 Å². The van der Waals surface area contributed by atoms with Crippen LogP contribution in [0.4, 0.5) is 11.8 Å². The molecule has 0 fully saturated rings. The van der Waals surface area contributed by atoms with Crippen LogP contribution in [-0.2, 0) is 4.79 Å². The van der Waals surface area contributed by atoms with Crippen molar-refractivity contribution in [2.45, 2.75) is 13.0 Å². The van der Waals surface area contributed by atoms with E-state index in [2.05, 4.69) is 20.6 Å². The molecule has 1 atom stereocenters. The van der Waals surface area contributed by atoms with Gasteiger partial charge in [-0.25, -0.2) is 14.8 Å². The number of fused-ring (bicyclic) bond motifs is 1. The summed E-state index contributed by atoms with van der Waals surface area (Å²) >= 11 is 6.52. The Labute approximate surface area is 216 Å². The third-order valence-corrected chi connectivity index (χ3v) is 6.29. The van der Waals surface area contributed by atoms with Crippen LogP contribution in [0.1, 0.15) is 28.9 Å². The number of hydrogen-bond donors (Lipinski definition) is 3. The Hall–Kier alpha value is -4.70. The van der Waals surface area contributed by atoms with Crippen LogP contribution in [0.5, 0.6) is 0 Å². The van der Waals surface area contributed by atoms with Crippen LogP contribution in [0.2, 0.25) is 5.02 Å². The molecular formula is C26H21ClN6O4. The van der Waals surface area contributed by atoms with Gasteiger partial charge in [0.15, 0.2) is 5.58 Å². The van der Waals surface area contributed by atoms with Crippen molar-refractivity contribution in [3.63, 3.8) is 0 Å². The average Bonchev–Trinajstić information content (AvgIpc) is 3.29. The van der Waals surface area contributed by atoms with Gasteiger partial charge in [0.2, 0.25) is 5.96 Å². The molecule has 4 aromatic rings. The summed E-state index contributed by atoms with van der Waals surface area (Å²) in [6.07, 6.45) is 1.32. The lowest BCUT2D eigenvalue weighted by atomic mass is 9.95. The maximum atomic E-state index is 13.5. The zero-order chi connectivity index (χ0) is 26.1. The Balaban J connectivity index is 1.52. The standard InChI is InChI=1S/C26H21ClN6O4/c1-14-21(23(34)30-20-13-15(24(35)36)11-12-28-20)22(16-7-3-4-8-17(16)27)31-25(33(14)2)32-26-29-18-9-5-6-10-19(18)37-26/h3-13,22H,1-2H3,(H,35,36)(H,28,30,34)(H,29,31,32). The average molecular weight is 517 g/mol. The Morgan fingerprint density at radius 2 is 1.86 bits per heavy atom. The van der Waals surface area contributed by atoms with Gasteiger partial charge >= 0.3 is 12.0 Å². The van der Waals surface area contributed by atoms with E-state index in [0.29, 0.717) is 38.9 Å². The molecule has 2 aromatic heterocycles. The zero-order valence-electron chi connectivity index (χ0n) is 19.8. The fraction of sp³-hybridized carbons (Fsp3) is 0.115. The monoisotopic (exact) mass is 516 g/mol. The minimum atomic E-state index is -1.13. The number of halogens is 1. The number of carbonyl (C=O) groups excluding carboxylic acids is 1. The quantitative estimate of drug-likeness (QED) is 0.339. The zero-order valence-corrected chi connectivity index (χ0v) is 20.5. The van der Waals surface area contributed by atoms with Crippen LogP contribution in [0.3, 0.4) is 0 Å². The van der Waals surface area contributed by atoms with Gasteiger partial charge in [-0.05, 0) is 37.3 Å². The van der Waals surface area contributed by atoms with E-state index in [-0.39, 0.29) is 17.4 Å². The lowest BCUT2D eigenvalue weighted by Crippen LogP contribution is -2.39. The number of carboxylic acids is 1. The van der Waals surface area contributed by atoms with Crippen molar-refractivity contribution in [1.82, 2.24) is 14.9 Å². The van der Waals surface area contributed by atoms with Gasteiger partial charge in [-0.2, -0.15) is 4.98 Å². The van der Waals surface area contributed by atoms with E-state index in [1.807, 2.05) is 30.3 Å². The highest BCUT2D eigenvalue weighted by molar-refractivity contribution is 6.31. The van der Waals surface area contributed by atoms with Crippen molar-refractivity contribution in [1.29, 1.82) is 0 Å². The first-order valence-corrected chi connectivity index (χ1v) is 11.6. The molecule has 0 saturated carbocycles. The molecule has 37 heavy (non-hydrogen) atoms. The lowest BCUT2D eigenvalue weighted by Gasteiger charge is -2.32. The predicted molar refractivity (Wildman–Crippen MR) is 140 cm³/mol. The van der Waals surface area contributed by atoms with Crippen LogP contribution >= 0.6 is 11.6 Å². The number of anilines is 2. The van der Waals surface area contributed by atoms with E-state index in [1.165, 1.54) is 18.3 Å². The van der Waals surface area contributed by atoms with Crippen molar-refractivity contribution in [2.24, 2.45) is 4.99 Å². The van der Waals surface area contributed by atoms with E-state index in [1.54, 1.807) is 37.1 Å². The van der Waals surface area contributed by atoms with Crippen LogP contribution < -0.4 is 10.6 Å². The fourth-order valence-corrected chi connectivity index (χ4v) is 4.21. The second-order valence-electron chi connectivity index (χ2n) is 8.24. The summed E-state index contributed by atoms with van der Waals surface area (Å²) in [5.41, 5.74) is 2.84. The molecule has 0 spiro atoms. The molecule has 10 nitrogen and oxygen atoms in total. The summed E-state index contributed by atoms with van der Waals surface area (Å²) in [7, 11) is 1.75. The number of carboxylic acid groups (broad SMARTS) is 1. The molecule has 11 heteroatoms. The second kappa shape index (κ2) is 9.75. The van der Waals surface area contributed by atoms with E-state index in [9.17, 15) is 14.7 Å². The first-order chi connectivity index (χ1) is 17.8. The SMILES string of the molecule is CC1=C(C(=O)Nc2cc(C(=O)O)ccn2)C(c2ccccc2Cl)N=C(Nc2nc3ccccc3o2)N1C. The van der Waals surface area contributed by atoms with Crippen molar-refractivity contribution >= 4 is 52.4 Å². The van der Waals surface area contributed by atoms with Crippen LogP contribution in [0.15, 0.2) is 87.5 Å². The molecular weight excluding hydrogens is 496 g/mol. The largest absolute Gasteiger partial charge is 0.478 e. The van der Waals surface area contributed by atoms with Gasteiger partial charge < -0.3 is 19.7 Å². The first-order valence-electron chi connectivity index (χ1n) is 11.2. The number of hydrogen-bond acceptors (Lipinski definition) is 8. The van der Waals surface area contributed by atoms with Crippen molar-refractivity contribution in [3.05, 3.63) is 94.3 Å². The topological polar surface area (TPSA) is 133 Å². The Morgan fingerprint density at radius 3 is 2.62 bits per heavy atom. The Bertz CT molecular complexity index is 1560. The van der Waals surface area contributed by atoms with E-state index in [0.717, 1.165) is 0 Å². The minimum Gasteiger partial charge on any atom is -0.478 e. The highest BCUT2D eigenvalue weighted by atomic mass is 35.5. The number of guanidine groups is 1. The van der Waals surface area contributed by atoms with Gasteiger partial charge in [-0.3, -0.25) is 10.1 Å². The molecule has 0 saturated heterocycles.